The van der Waals surface area contributed by atoms with Crippen LogP contribution < -0.4 is 14.9 Å². The van der Waals surface area contributed by atoms with Crippen molar-refractivity contribution in [3.8, 4) is 0 Å². The number of esters is 1. The zero-order chi connectivity index (χ0) is 25.2. The van der Waals surface area contributed by atoms with Gasteiger partial charge in [-0.05, 0) is 43.2 Å². The second kappa shape index (κ2) is 10.1. The number of hydrogen-bond donors (Lipinski definition) is 0. The van der Waals surface area contributed by atoms with Gasteiger partial charge in [-0.15, -0.1) is 0 Å². The predicted octanol–water partition coefficient (Wildman–Crippen LogP) is 4.90. The maximum absolute atomic E-state index is 13.8. The summed E-state index contributed by atoms with van der Waals surface area (Å²) in [4.78, 5) is 32.5. The van der Waals surface area contributed by atoms with Gasteiger partial charge in [0.05, 0.1) is 28.5 Å². The highest BCUT2D eigenvalue weighted by atomic mass is 35.5. The van der Waals surface area contributed by atoms with Gasteiger partial charge in [0, 0.05) is 10.6 Å². The van der Waals surface area contributed by atoms with E-state index in [1.165, 1.54) is 11.3 Å². The lowest BCUT2D eigenvalue weighted by Gasteiger charge is -2.25. The predicted molar refractivity (Wildman–Crippen MR) is 144 cm³/mol. The molecule has 180 valence electrons. The molecule has 0 aliphatic carbocycles. The van der Waals surface area contributed by atoms with Crippen molar-refractivity contribution in [2.75, 3.05) is 6.61 Å². The van der Waals surface area contributed by atoms with E-state index in [0.717, 1.165) is 22.3 Å². The van der Waals surface area contributed by atoms with Gasteiger partial charge in [0.1, 0.15) is 0 Å². The number of rotatable bonds is 5. The molecule has 0 bridgehead atoms. The maximum Gasteiger partial charge on any atom is 0.338 e. The molecule has 0 saturated heterocycles. The van der Waals surface area contributed by atoms with Gasteiger partial charge in [0.15, 0.2) is 4.80 Å². The van der Waals surface area contributed by atoms with E-state index in [-0.39, 0.29) is 12.2 Å². The Labute approximate surface area is 217 Å². The van der Waals surface area contributed by atoms with E-state index in [9.17, 15) is 9.59 Å². The first-order valence-corrected chi connectivity index (χ1v) is 12.8. The van der Waals surface area contributed by atoms with Crippen molar-refractivity contribution in [1.82, 2.24) is 4.57 Å². The highest BCUT2D eigenvalue weighted by Gasteiger charge is 2.35. The molecule has 7 heteroatoms. The Hall–Kier alpha value is -3.74. The average Bonchev–Trinajstić information content (AvgIpc) is 3.20. The molecule has 0 N–H and O–H groups in total. The first kappa shape index (κ1) is 24.0. The molecule has 0 saturated carbocycles. The van der Waals surface area contributed by atoms with Crippen LogP contribution in [0.2, 0.25) is 5.02 Å². The molecule has 5 rings (SSSR count). The molecule has 1 aromatic heterocycles. The molecule has 0 fully saturated rings. The third kappa shape index (κ3) is 4.57. The number of carbonyl (C=O) groups is 1. The van der Waals surface area contributed by atoms with Gasteiger partial charge in [0.2, 0.25) is 0 Å². The Kier molecular flexibility index (Phi) is 6.72. The molecule has 4 aromatic rings. The Morgan fingerprint density at radius 3 is 2.42 bits per heavy atom. The fraction of sp³-hybridized carbons (Fsp3) is 0.138. The van der Waals surface area contributed by atoms with Crippen LogP contribution in [0, 0.1) is 6.92 Å². The van der Waals surface area contributed by atoms with Gasteiger partial charge in [0.25, 0.3) is 5.56 Å². The molecular weight excluding hydrogens is 492 g/mol. The Bertz CT molecular complexity index is 1630. The lowest BCUT2D eigenvalue weighted by atomic mass is 9.93. The Balaban J connectivity index is 1.82. The van der Waals surface area contributed by atoms with Crippen molar-refractivity contribution in [1.29, 1.82) is 0 Å². The summed E-state index contributed by atoms with van der Waals surface area (Å²) in [5.74, 6) is -0.507. The van der Waals surface area contributed by atoms with E-state index in [1.807, 2.05) is 79.7 Å². The van der Waals surface area contributed by atoms with Gasteiger partial charge in [-0.25, -0.2) is 9.79 Å². The Morgan fingerprint density at radius 2 is 1.75 bits per heavy atom. The standard InChI is InChI=1S/C29H23ClN2O3S/c1-3-35-28(34)24-25(20-7-5-4-6-8-20)31-29-32(26(24)21-13-15-22(30)16-14-21)27(33)23(36-29)17-19-11-9-18(2)10-12-19/h4-17,26H,3H2,1-2H3/b23-17-/t26-/m1/s1. The number of aryl methyl sites for hydroxylation is 1. The fourth-order valence-electron chi connectivity index (χ4n) is 4.21. The monoisotopic (exact) mass is 514 g/mol. The first-order valence-electron chi connectivity index (χ1n) is 11.6. The number of aromatic nitrogens is 1. The number of benzene rings is 3. The molecule has 2 heterocycles. The van der Waals surface area contributed by atoms with Crippen LogP contribution in [-0.4, -0.2) is 17.1 Å². The molecular formula is C29H23ClN2O3S. The van der Waals surface area contributed by atoms with E-state index in [2.05, 4.69) is 0 Å². The van der Waals surface area contributed by atoms with Crippen molar-refractivity contribution >= 4 is 40.7 Å². The zero-order valence-electron chi connectivity index (χ0n) is 19.8. The van der Waals surface area contributed by atoms with E-state index >= 15 is 0 Å². The summed E-state index contributed by atoms with van der Waals surface area (Å²) in [6.07, 6.45) is 1.86. The normalized spacial score (nSPS) is 15.4. The smallest absolute Gasteiger partial charge is 0.338 e. The van der Waals surface area contributed by atoms with Crippen LogP contribution in [0.15, 0.2) is 94.2 Å². The minimum absolute atomic E-state index is 0.204. The van der Waals surface area contributed by atoms with Gasteiger partial charge < -0.3 is 4.74 Å². The minimum Gasteiger partial charge on any atom is -0.463 e. The Morgan fingerprint density at radius 1 is 1.06 bits per heavy atom. The van der Waals surface area contributed by atoms with E-state index in [0.29, 0.717) is 25.6 Å². The van der Waals surface area contributed by atoms with Crippen LogP contribution >= 0.6 is 22.9 Å². The topological polar surface area (TPSA) is 60.7 Å². The molecule has 0 spiro atoms. The summed E-state index contributed by atoms with van der Waals surface area (Å²) in [7, 11) is 0. The van der Waals surface area contributed by atoms with Crippen LogP contribution in [0.3, 0.4) is 0 Å². The number of hydrogen-bond acceptors (Lipinski definition) is 5. The van der Waals surface area contributed by atoms with Crippen molar-refractivity contribution in [3.05, 3.63) is 131 Å². The zero-order valence-corrected chi connectivity index (χ0v) is 21.3. The van der Waals surface area contributed by atoms with Crippen molar-refractivity contribution in [3.63, 3.8) is 0 Å². The summed E-state index contributed by atoms with van der Waals surface area (Å²) in [5.41, 5.74) is 4.18. The lowest BCUT2D eigenvalue weighted by molar-refractivity contribution is -0.138. The second-order valence-electron chi connectivity index (χ2n) is 8.39. The molecule has 36 heavy (non-hydrogen) atoms. The summed E-state index contributed by atoms with van der Waals surface area (Å²) < 4.78 is 7.60. The van der Waals surface area contributed by atoms with E-state index in [1.54, 1.807) is 23.6 Å². The van der Waals surface area contributed by atoms with Crippen LogP contribution in [-0.2, 0) is 9.53 Å². The maximum atomic E-state index is 13.8. The van der Waals surface area contributed by atoms with Crippen molar-refractivity contribution < 1.29 is 9.53 Å². The molecule has 1 aliphatic heterocycles. The lowest BCUT2D eigenvalue weighted by Crippen LogP contribution is -2.40. The quantitative estimate of drug-likeness (QED) is 0.356. The van der Waals surface area contributed by atoms with Gasteiger partial charge in [-0.2, -0.15) is 0 Å². The molecule has 0 unspecified atom stereocenters. The van der Waals surface area contributed by atoms with Crippen LogP contribution in [0.5, 0.6) is 0 Å². The third-order valence-electron chi connectivity index (χ3n) is 5.93. The SMILES string of the molecule is CCOC(=O)C1=C(c2ccccc2)N=c2s/c(=C\c3ccc(C)cc3)c(=O)n2[C@@H]1c1ccc(Cl)cc1. The van der Waals surface area contributed by atoms with Crippen LogP contribution in [0.4, 0.5) is 0 Å². The number of nitrogens with zero attached hydrogens (tertiary/aromatic N) is 2. The molecule has 5 nitrogen and oxygen atoms in total. The average molecular weight is 515 g/mol. The van der Waals surface area contributed by atoms with Crippen molar-refractivity contribution in [2.24, 2.45) is 4.99 Å². The summed E-state index contributed by atoms with van der Waals surface area (Å²) >= 11 is 7.47. The number of fused-ring (bicyclic) bond motifs is 1. The third-order valence-corrected chi connectivity index (χ3v) is 7.17. The number of thiazole rings is 1. The van der Waals surface area contributed by atoms with Gasteiger partial charge >= 0.3 is 5.97 Å². The van der Waals surface area contributed by atoms with E-state index < -0.39 is 12.0 Å². The van der Waals surface area contributed by atoms with Gasteiger partial charge in [-0.1, -0.05) is 95.2 Å². The van der Waals surface area contributed by atoms with Gasteiger partial charge in [-0.3, -0.25) is 9.36 Å². The molecule has 1 aliphatic rings. The fourth-order valence-corrected chi connectivity index (χ4v) is 5.34. The second-order valence-corrected chi connectivity index (χ2v) is 9.84. The molecule has 1 atom stereocenters. The number of halogens is 1. The summed E-state index contributed by atoms with van der Waals surface area (Å²) in [5, 5.41) is 0.565. The number of ether oxygens (including phenoxy) is 1. The van der Waals surface area contributed by atoms with Crippen LogP contribution in [0.25, 0.3) is 11.8 Å². The van der Waals surface area contributed by atoms with Crippen molar-refractivity contribution in [2.45, 2.75) is 19.9 Å². The summed E-state index contributed by atoms with van der Waals surface area (Å²) in [6.45, 7) is 3.98. The highest BCUT2D eigenvalue weighted by molar-refractivity contribution is 7.07. The molecule has 0 amide bonds. The molecule has 3 aromatic carbocycles. The minimum atomic E-state index is -0.715. The largest absolute Gasteiger partial charge is 0.463 e. The summed E-state index contributed by atoms with van der Waals surface area (Å²) in [6, 6.07) is 23.9. The highest BCUT2D eigenvalue weighted by Crippen LogP contribution is 2.35. The number of carbonyl (C=O) groups excluding carboxylic acids is 1. The van der Waals surface area contributed by atoms with Crippen LogP contribution in [0.1, 0.15) is 35.2 Å². The molecule has 0 radical (unpaired) electrons. The first-order chi connectivity index (χ1) is 17.5. The van der Waals surface area contributed by atoms with E-state index in [4.69, 9.17) is 21.3 Å².